The van der Waals surface area contributed by atoms with Crippen LogP contribution in [0.4, 0.5) is 35.2 Å². The number of rotatable bonds is 4. The van der Waals surface area contributed by atoms with E-state index in [4.69, 9.17) is 16.5 Å². The lowest BCUT2D eigenvalue weighted by Crippen LogP contribution is -2.20. The van der Waals surface area contributed by atoms with Gasteiger partial charge in [0.2, 0.25) is 0 Å². The number of carbonyl (C=O) groups excluding carboxylic acids is 1. The molecule has 0 atom stereocenters. The zero-order valence-electron chi connectivity index (χ0n) is 18.6. The second-order valence-electron chi connectivity index (χ2n) is 8.65. The highest BCUT2D eigenvalue weighted by molar-refractivity contribution is 6.02. The van der Waals surface area contributed by atoms with Gasteiger partial charge in [-0.3, -0.25) is 0 Å². The fourth-order valence-electron chi connectivity index (χ4n) is 3.95. The van der Waals surface area contributed by atoms with Crippen LogP contribution in [0.5, 0.6) is 0 Å². The van der Waals surface area contributed by atoms with Gasteiger partial charge in [0, 0.05) is 18.4 Å². The molecule has 8 nitrogen and oxygen atoms in total. The summed E-state index contributed by atoms with van der Waals surface area (Å²) >= 11 is 0. The number of hydrogen-bond donors (Lipinski definition) is 4. The van der Waals surface area contributed by atoms with Gasteiger partial charge in [0.05, 0.1) is 22.2 Å². The summed E-state index contributed by atoms with van der Waals surface area (Å²) in [6, 6.07) is 12.7. The predicted molar refractivity (Wildman–Crippen MR) is 128 cm³/mol. The summed E-state index contributed by atoms with van der Waals surface area (Å²) < 4.78 is 40.3. The smallest absolute Gasteiger partial charge is 0.382 e. The summed E-state index contributed by atoms with van der Waals surface area (Å²) in [6.45, 7) is 0. The van der Waals surface area contributed by atoms with E-state index in [1.165, 1.54) is 12.1 Å². The number of anilines is 3. The van der Waals surface area contributed by atoms with Gasteiger partial charge in [0.25, 0.3) is 0 Å². The van der Waals surface area contributed by atoms with E-state index in [-0.39, 0.29) is 5.69 Å². The number of nitrogens with one attached hydrogen (secondary N) is 2. The third-order valence-corrected chi connectivity index (χ3v) is 6.02. The molecule has 2 amide bonds. The summed E-state index contributed by atoms with van der Waals surface area (Å²) in [5.41, 5.74) is 14.8. The monoisotopic (exact) mass is 481 g/mol. The van der Waals surface area contributed by atoms with Crippen LogP contribution in [0.3, 0.4) is 0 Å². The van der Waals surface area contributed by atoms with Gasteiger partial charge >= 0.3 is 12.2 Å². The number of aryl methyl sites for hydroxylation is 1. The SMILES string of the molecule is Cn1nc(N)c2c(-c3ccc(NC(=O)Nc4cccc(C(F)(F)F)c4)cc3)cc(C3(N)CC3)nc21. The Morgan fingerprint density at radius 2 is 1.74 bits per heavy atom. The van der Waals surface area contributed by atoms with E-state index < -0.39 is 23.3 Å². The topological polar surface area (TPSA) is 124 Å². The molecule has 4 aromatic rings. The van der Waals surface area contributed by atoms with Crippen molar-refractivity contribution >= 4 is 34.3 Å². The second-order valence-corrected chi connectivity index (χ2v) is 8.65. The van der Waals surface area contributed by atoms with E-state index >= 15 is 0 Å². The minimum absolute atomic E-state index is 0.0310. The van der Waals surface area contributed by atoms with Gasteiger partial charge in [-0.1, -0.05) is 18.2 Å². The number of nitrogens with zero attached hydrogens (tertiary/aromatic N) is 3. The lowest BCUT2D eigenvalue weighted by molar-refractivity contribution is -0.137. The van der Waals surface area contributed by atoms with E-state index in [1.54, 1.807) is 36.0 Å². The normalized spacial score (nSPS) is 14.7. The van der Waals surface area contributed by atoms with Gasteiger partial charge in [-0.05, 0) is 60.4 Å². The molecule has 0 spiro atoms. The first-order valence-electron chi connectivity index (χ1n) is 10.8. The average Bonchev–Trinajstić information content (AvgIpc) is 3.49. The Morgan fingerprint density at radius 3 is 2.40 bits per heavy atom. The molecule has 2 aromatic carbocycles. The highest BCUT2D eigenvalue weighted by atomic mass is 19.4. The van der Waals surface area contributed by atoms with Gasteiger partial charge in [-0.2, -0.15) is 18.3 Å². The van der Waals surface area contributed by atoms with E-state index in [2.05, 4.69) is 15.7 Å². The van der Waals surface area contributed by atoms with Gasteiger partial charge in [0.15, 0.2) is 11.5 Å². The van der Waals surface area contributed by atoms with Crippen LogP contribution in [0.1, 0.15) is 24.1 Å². The maximum atomic E-state index is 12.9. The summed E-state index contributed by atoms with van der Waals surface area (Å²) in [5, 5.41) is 10.0. The number of nitrogens with two attached hydrogens (primary N) is 2. The first kappa shape index (κ1) is 22.7. The average molecular weight is 481 g/mol. The lowest BCUT2D eigenvalue weighted by Gasteiger charge is -2.13. The van der Waals surface area contributed by atoms with E-state index in [1.807, 2.05) is 6.07 Å². The Bertz CT molecular complexity index is 1440. The molecule has 6 N–H and O–H groups in total. The number of hydrogen-bond acceptors (Lipinski definition) is 5. The molecule has 0 bridgehead atoms. The van der Waals surface area contributed by atoms with Gasteiger partial charge in [-0.25, -0.2) is 14.5 Å². The largest absolute Gasteiger partial charge is 0.416 e. The van der Waals surface area contributed by atoms with Crippen LogP contribution in [0.25, 0.3) is 22.2 Å². The van der Waals surface area contributed by atoms with Crippen molar-refractivity contribution in [3.63, 3.8) is 0 Å². The van der Waals surface area contributed by atoms with Crippen LogP contribution < -0.4 is 22.1 Å². The van der Waals surface area contributed by atoms with Crippen molar-refractivity contribution < 1.29 is 18.0 Å². The van der Waals surface area contributed by atoms with Crippen molar-refractivity contribution in [2.75, 3.05) is 16.4 Å². The molecule has 0 unspecified atom stereocenters. The highest BCUT2D eigenvalue weighted by Gasteiger charge is 2.42. The van der Waals surface area contributed by atoms with Crippen LogP contribution in [0, 0.1) is 0 Å². The van der Waals surface area contributed by atoms with Crippen molar-refractivity contribution in [3.8, 4) is 11.1 Å². The Morgan fingerprint density at radius 1 is 1.06 bits per heavy atom. The molecular weight excluding hydrogens is 459 g/mol. The molecule has 2 heterocycles. The van der Waals surface area contributed by atoms with Crippen molar-refractivity contribution in [2.45, 2.75) is 24.6 Å². The molecular formula is C24H22F3N7O. The summed E-state index contributed by atoms with van der Waals surface area (Å²) in [4.78, 5) is 17.0. The van der Waals surface area contributed by atoms with Gasteiger partial charge < -0.3 is 22.1 Å². The van der Waals surface area contributed by atoms with E-state index in [0.29, 0.717) is 22.5 Å². The molecule has 1 aliphatic rings. The fourth-order valence-corrected chi connectivity index (χ4v) is 3.95. The minimum Gasteiger partial charge on any atom is -0.382 e. The van der Waals surface area contributed by atoms with Crippen molar-refractivity contribution in [1.82, 2.24) is 14.8 Å². The number of amides is 2. The summed E-state index contributed by atoms with van der Waals surface area (Å²) in [5.74, 6) is 0.348. The van der Waals surface area contributed by atoms with Crippen LogP contribution in [0.2, 0.25) is 0 Å². The first-order chi connectivity index (χ1) is 16.5. The summed E-state index contributed by atoms with van der Waals surface area (Å²) in [6.07, 6.45) is -2.80. The number of pyridine rings is 1. The van der Waals surface area contributed by atoms with Crippen LogP contribution in [-0.4, -0.2) is 20.8 Å². The molecule has 35 heavy (non-hydrogen) atoms. The molecule has 5 rings (SSSR count). The van der Waals surface area contributed by atoms with Gasteiger partial charge in [0.1, 0.15) is 0 Å². The Balaban J connectivity index is 1.38. The number of nitrogen functional groups attached to an aromatic ring is 1. The van der Waals surface area contributed by atoms with Crippen LogP contribution >= 0.6 is 0 Å². The number of carbonyl (C=O) groups is 1. The number of urea groups is 1. The van der Waals surface area contributed by atoms with Crippen molar-refractivity contribution in [3.05, 3.63) is 65.9 Å². The number of fused-ring (bicyclic) bond motifs is 1. The maximum Gasteiger partial charge on any atom is 0.416 e. The molecule has 0 saturated heterocycles. The Hall–Kier alpha value is -4.12. The molecule has 0 radical (unpaired) electrons. The molecule has 1 aliphatic carbocycles. The quantitative estimate of drug-likeness (QED) is 0.332. The van der Waals surface area contributed by atoms with Gasteiger partial charge in [-0.15, -0.1) is 0 Å². The first-order valence-corrected chi connectivity index (χ1v) is 10.8. The number of aromatic nitrogens is 3. The zero-order valence-corrected chi connectivity index (χ0v) is 18.6. The molecule has 0 aliphatic heterocycles. The molecule has 1 fully saturated rings. The molecule has 180 valence electrons. The second kappa shape index (κ2) is 7.98. The van der Waals surface area contributed by atoms with Crippen molar-refractivity contribution in [2.24, 2.45) is 12.8 Å². The third kappa shape index (κ3) is 4.37. The van der Waals surface area contributed by atoms with Crippen LogP contribution in [0.15, 0.2) is 54.6 Å². The molecule has 2 aromatic heterocycles. The molecule has 1 saturated carbocycles. The summed E-state index contributed by atoms with van der Waals surface area (Å²) in [7, 11) is 1.77. The lowest BCUT2D eigenvalue weighted by atomic mass is 9.99. The fraction of sp³-hybridized carbons (Fsp3) is 0.208. The van der Waals surface area contributed by atoms with Crippen molar-refractivity contribution in [1.29, 1.82) is 0 Å². The Kier molecular flexibility index (Phi) is 5.17. The number of benzene rings is 2. The zero-order chi connectivity index (χ0) is 25.0. The predicted octanol–water partition coefficient (Wildman–Crippen LogP) is 4.83. The van der Waals surface area contributed by atoms with Crippen LogP contribution in [-0.2, 0) is 18.8 Å². The third-order valence-electron chi connectivity index (χ3n) is 6.02. The Labute approximate surface area is 198 Å². The van der Waals surface area contributed by atoms with E-state index in [0.717, 1.165) is 41.8 Å². The maximum absolute atomic E-state index is 12.9. The van der Waals surface area contributed by atoms with E-state index in [9.17, 15) is 18.0 Å². The highest BCUT2D eigenvalue weighted by Crippen LogP contribution is 2.44. The molecule has 11 heteroatoms. The number of halogens is 3. The standard InChI is InChI=1S/C24H22F3N7O/c1-34-21-19(20(28)33-34)17(12-18(32-21)23(29)9-10-23)13-5-7-15(8-6-13)30-22(35)31-16-4-2-3-14(11-16)24(25,26)27/h2-8,11-12H,9-10,29H2,1H3,(H2,28,33)(H2,30,31,35). The minimum atomic E-state index is -4.50. The number of alkyl halides is 3.